The number of aromatic carboxylic acids is 1. The lowest BCUT2D eigenvalue weighted by Gasteiger charge is -2.18. The van der Waals surface area contributed by atoms with E-state index in [1.807, 2.05) is 0 Å². The first-order valence-electron chi connectivity index (χ1n) is 5.97. The van der Waals surface area contributed by atoms with Gasteiger partial charge >= 0.3 is 18.0 Å². The van der Waals surface area contributed by atoms with E-state index in [1.54, 1.807) is 0 Å². The summed E-state index contributed by atoms with van der Waals surface area (Å²) in [4.78, 5) is 35.3. The summed E-state index contributed by atoms with van der Waals surface area (Å²) < 4.78 is 4.47. The summed E-state index contributed by atoms with van der Waals surface area (Å²) in [6.45, 7) is 0.147. The third-order valence-corrected chi connectivity index (χ3v) is 2.91. The lowest BCUT2D eigenvalue weighted by molar-refractivity contribution is -0.140. The lowest BCUT2D eigenvalue weighted by Crippen LogP contribution is -2.33. The van der Waals surface area contributed by atoms with Crippen molar-refractivity contribution in [2.75, 3.05) is 26.0 Å². The van der Waals surface area contributed by atoms with Gasteiger partial charge in [-0.2, -0.15) is 0 Å². The molecule has 0 saturated heterocycles. The maximum absolute atomic E-state index is 11.9. The third kappa shape index (κ3) is 4.96. The minimum Gasteiger partial charge on any atom is -0.478 e. The fourth-order valence-corrected chi connectivity index (χ4v) is 1.65. The van der Waals surface area contributed by atoms with Crippen LogP contribution in [0.2, 0.25) is 5.02 Å². The van der Waals surface area contributed by atoms with E-state index in [-0.39, 0.29) is 29.2 Å². The van der Waals surface area contributed by atoms with E-state index in [0.717, 1.165) is 0 Å². The van der Waals surface area contributed by atoms with Crippen molar-refractivity contribution in [2.24, 2.45) is 0 Å². The minimum atomic E-state index is -1.20. The number of anilines is 1. The quantitative estimate of drug-likeness (QED) is 0.811. The van der Waals surface area contributed by atoms with Gasteiger partial charge in [0.1, 0.15) is 0 Å². The number of nitrogens with one attached hydrogen (secondary N) is 1. The SMILES string of the molecule is COC(=O)CCN(C)C(=O)Nc1ccc(Cl)cc1C(=O)O. The fraction of sp³-hybridized carbons (Fsp3) is 0.308. The predicted molar refractivity (Wildman–Crippen MR) is 76.7 cm³/mol. The molecule has 8 heteroatoms. The third-order valence-electron chi connectivity index (χ3n) is 2.68. The molecule has 0 aliphatic rings. The first-order valence-corrected chi connectivity index (χ1v) is 6.34. The zero-order chi connectivity index (χ0) is 16.0. The number of methoxy groups -OCH3 is 1. The van der Waals surface area contributed by atoms with Gasteiger partial charge in [-0.1, -0.05) is 11.6 Å². The van der Waals surface area contributed by atoms with Crippen LogP contribution in [0.15, 0.2) is 18.2 Å². The Bertz CT molecular complexity index is 561. The van der Waals surface area contributed by atoms with Gasteiger partial charge < -0.3 is 20.1 Å². The Hall–Kier alpha value is -2.28. The molecule has 0 saturated carbocycles. The highest BCUT2D eigenvalue weighted by Gasteiger charge is 2.16. The predicted octanol–water partition coefficient (Wildman–Crippen LogP) is 2.06. The van der Waals surface area contributed by atoms with E-state index >= 15 is 0 Å². The van der Waals surface area contributed by atoms with Crippen molar-refractivity contribution in [3.8, 4) is 0 Å². The fourth-order valence-electron chi connectivity index (χ4n) is 1.48. The maximum Gasteiger partial charge on any atom is 0.337 e. The highest BCUT2D eigenvalue weighted by Crippen LogP contribution is 2.21. The molecule has 0 aliphatic heterocycles. The summed E-state index contributed by atoms with van der Waals surface area (Å²) >= 11 is 5.72. The molecule has 2 amide bonds. The number of nitrogens with zero attached hydrogens (tertiary/aromatic N) is 1. The topological polar surface area (TPSA) is 95.9 Å². The van der Waals surface area contributed by atoms with E-state index in [9.17, 15) is 14.4 Å². The monoisotopic (exact) mass is 314 g/mol. The molecule has 0 fully saturated rings. The van der Waals surface area contributed by atoms with Crippen LogP contribution in [0.1, 0.15) is 16.8 Å². The van der Waals surface area contributed by atoms with E-state index in [0.29, 0.717) is 0 Å². The molecule has 7 nitrogen and oxygen atoms in total. The van der Waals surface area contributed by atoms with Crippen LogP contribution in [0.3, 0.4) is 0 Å². The number of amides is 2. The van der Waals surface area contributed by atoms with Gasteiger partial charge in [-0.15, -0.1) is 0 Å². The zero-order valence-electron chi connectivity index (χ0n) is 11.6. The van der Waals surface area contributed by atoms with Gasteiger partial charge in [0.05, 0.1) is 24.8 Å². The minimum absolute atomic E-state index is 0.0484. The molecule has 0 aromatic heterocycles. The number of carboxylic acids is 1. The van der Waals surface area contributed by atoms with Crippen LogP contribution >= 0.6 is 11.6 Å². The van der Waals surface area contributed by atoms with Crippen molar-refractivity contribution in [1.29, 1.82) is 0 Å². The van der Waals surface area contributed by atoms with Crippen LogP contribution in [0, 0.1) is 0 Å². The van der Waals surface area contributed by atoms with Crippen LogP contribution < -0.4 is 5.32 Å². The van der Waals surface area contributed by atoms with Crippen molar-refractivity contribution in [1.82, 2.24) is 4.90 Å². The van der Waals surface area contributed by atoms with Gasteiger partial charge in [0.25, 0.3) is 0 Å². The van der Waals surface area contributed by atoms with Crippen LogP contribution in [-0.2, 0) is 9.53 Å². The van der Waals surface area contributed by atoms with Gasteiger partial charge in [-0.3, -0.25) is 4.79 Å². The summed E-state index contributed by atoms with van der Waals surface area (Å²) in [5.41, 5.74) is 0.0130. The van der Waals surface area contributed by atoms with Gasteiger partial charge in [0.2, 0.25) is 0 Å². The van der Waals surface area contributed by atoms with Crippen molar-refractivity contribution >= 4 is 35.3 Å². The molecule has 114 valence electrons. The lowest BCUT2D eigenvalue weighted by atomic mass is 10.2. The van der Waals surface area contributed by atoms with Gasteiger partial charge in [0.15, 0.2) is 0 Å². The average Bonchev–Trinajstić information content (AvgIpc) is 2.45. The smallest absolute Gasteiger partial charge is 0.337 e. The number of esters is 1. The van der Waals surface area contributed by atoms with Crippen molar-refractivity contribution < 1.29 is 24.2 Å². The molecular weight excluding hydrogens is 300 g/mol. The van der Waals surface area contributed by atoms with Crippen LogP contribution in [0.4, 0.5) is 10.5 Å². The molecule has 0 radical (unpaired) electrons. The van der Waals surface area contributed by atoms with Crippen LogP contribution in [0.5, 0.6) is 0 Å². The molecule has 0 heterocycles. The number of rotatable bonds is 5. The summed E-state index contributed by atoms with van der Waals surface area (Å²) in [5, 5.41) is 11.8. The summed E-state index contributed by atoms with van der Waals surface area (Å²) in [6.07, 6.45) is 0.0484. The number of urea groups is 1. The van der Waals surface area contributed by atoms with Gasteiger partial charge in [0, 0.05) is 18.6 Å². The standard InChI is InChI=1S/C13H15ClN2O5/c1-16(6-5-11(17)21-2)13(20)15-10-4-3-8(14)7-9(10)12(18)19/h3-4,7H,5-6H2,1-2H3,(H,15,20)(H,18,19). The zero-order valence-corrected chi connectivity index (χ0v) is 12.3. The van der Waals surface area contributed by atoms with Crippen molar-refractivity contribution in [3.63, 3.8) is 0 Å². The largest absolute Gasteiger partial charge is 0.478 e. The molecule has 0 aliphatic carbocycles. The molecular formula is C13H15ClN2O5. The molecule has 1 aromatic carbocycles. The number of halogens is 1. The van der Waals surface area contributed by atoms with Crippen LogP contribution in [-0.4, -0.2) is 48.7 Å². The summed E-state index contributed by atoms with van der Waals surface area (Å²) in [7, 11) is 2.74. The second kappa shape index (κ2) is 7.49. The Morgan fingerprint density at radius 1 is 1.38 bits per heavy atom. The summed E-state index contributed by atoms with van der Waals surface area (Å²) in [5.74, 6) is -1.64. The number of ether oxygens (including phenoxy) is 1. The number of hydrogen-bond acceptors (Lipinski definition) is 4. The average molecular weight is 315 g/mol. The van der Waals surface area contributed by atoms with Gasteiger partial charge in [-0.05, 0) is 18.2 Å². The Morgan fingerprint density at radius 2 is 2.05 bits per heavy atom. The number of carboxylic acid groups (broad SMARTS) is 1. The van der Waals surface area contributed by atoms with Crippen LogP contribution in [0.25, 0.3) is 0 Å². The molecule has 21 heavy (non-hydrogen) atoms. The maximum atomic E-state index is 11.9. The van der Waals surface area contributed by atoms with E-state index in [2.05, 4.69) is 10.1 Å². The normalized spacial score (nSPS) is 9.86. The Balaban J connectivity index is 2.74. The Labute approximate surface area is 126 Å². The number of benzene rings is 1. The second-order valence-electron chi connectivity index (χ2n) is 4.17. The number of carbonyl (C=O) groups is 3. The van der Waals surface area contributed by atoms with Gasteiger partial charge in [-0.25, -0.2) is 9.59 Å². The molecule has 1 rings (SSSR count). The first-order chi connectivity index (χ1) is 9.85. The molecule has 0 unspecified atom stereocenters. The van der Waals surface area contributed by atoms with E-state index in [4.69, 9.17) is 16.7 Å². The van der Waals surface area contributed by atoms with E-state index in [1.165, 1.54) is 37.3 Å². The number of hydrogen-bond donors (Lipinski definition) is 2. The van der Waals surface area contributed by atoms with Crippen molar-refractivity contribution in [2.45, 2.75) is 6.42 Å². The molecule has 0 atom stereocenters. The first kappa shape index (κ1) is 16.8. The van der Waals surface area contributed by atoms with E-state index < -0.39 is 18.0 Å². The second-order valence-corrected chi connectivity index (χ2v) is 4.61. The highest BCUT2D eigenvalue weighted by molar-refractivity contribution is 6.31. The Kier molecular flexibility index (Phi) is 5.98. The molecule has 2 N–H and O–H groups in total. The Morgan fingerprint density at radius 3 is 2.62 bits per heavy atom. The molecule has 0 spiro atoms. The highest BCUT2D eigenvalue weighted by atomic mass is 35.5. The number of carbonyl (C=O) groups excluding carboxylic acids is 2. The van der Waals surface area contributed by atoms with Crippen molar-refractivity contribution in [3.05, 3.63) is 28.8 Å². The molecule has 1 aromatic rings. The summed E-state index contributed by atoms with van der Waals surface area (Å²) in [6, 6.07) is 3.58. The molecule has 0 bridgehead atoms.